The fourth-order valence-corrected chi connectivity index (χ4v) is 3.42. The van der Waals surface area contributed by atoms with Crippen LogP contribution < -0.4 is 10.4 Å². The predicted molar refractivity (Wildman–Crippen MR) is 98.3 cm³/mol. The van der Waals surface area contributed by atoms with E-state index in [1.165, 1.54) is 0 Å². The summed E-state index contributed by atoms with van der Waals surface area (Å²) in [6, 6.07) is 6.56. The molecule has 1 aliphatic rings. The van der Waals surface area contributed by atoms with Crippen LogP contribution in [0, 0.1) is 6.92 Å². The molecule has 1 aromatic rings. The molecule has 0 unspecified atom stereocenters. The van der Waals surface area contributed by atoms with Gasteiger partial charge in [0.15, 0.2) is 0 Å². The molecule has 1 aromatic carbocycles. The Morgan fingerprint density at radius 3 is 2.56 bits per heavy atom. The number of benzene rings is 1. The molecule has 0 aromatic heterocycles. The second kappa shape index (κ2) is 8.26. The Hall–Kier alpha value is -2.19. The molecule has 2 rings (SSSR count). The van der Waals surface area contributed by atoms with E-state index < -0.39 is 17.9 Å². The van der Waals surface area contributed by atoms with Crippen molar-refractivity contribution in [3.8, 4) is 0 Å². The Balaban J connectivity index is 2.07. The van der Waals surface area contributed by atoms with E-state index in [4.69, 9.17) is 12.2 Å². The number of nitrogens with zero attached hydrogens (tertiary/aromatic N) is 1. The van der Waals surface area contributed by atoms with E-state index in [0.29, 0.717) is 4.91 Å². The first-order valence-electron chi connectivity index (χ1n) is 7.64. The van der Waals surface area contributed by atoms with Gasteiger partial charge in [-0.15, -0.1) is 0 Å². The molecule has 1 aliphatic heterocycles. The van der Waals surface area contributed by atoms with Gasteiger partial charge in [-0.3, -0.25) is 14.5 Å². The summed E-state index contributed by atoms with van der Waals surface area (Å²) in [5.74, 6) is -2.32. The van der Waals surface area contributed by atoms with Crippen LogP contribution in [0.3, 0.4) is 0 Å². The van der Waals surface area contributed by atoms with E-state index in [-0.39, 0.29) is 23.2 Å². The number of carboxylic acid groups (broad SMARTS) is 1. The third-order valence-electron chi connectivity index (χ3n) is 3.58. The van der Waals surface area contributed by atoms with Crippen molar-refractivity contribution in [3.05, 3.63) is 40.3 Å². The number of rotatable bonds is 6. The second-order valence-electron chi connectivity index (χ2n) is 5.53. The normalized spacial score (nSPS) is 17.0. The van der Waals surface area contributed by atoms with Crippen molar-refractivity contribution < 1.29 is 19.5 Å². The SMILES string of the molecule is CC[C@H](NC(=O)CN1C(=O)/C(=C\c2ccc(C)cc2)SC1=S)C(=O)[O-]. The Bertz CT molecular complexity index is 744. The molecule has 1 saturated heterocycles. The van der Waals surface area contributed by atoms with Crippen molar-refractivity contribution in [2.75, 3.05) is 6.54 Å². The van der Waals surface area contributed by atoms with Crippen LogP contribution in [0.15, 0.2) is 29.2 Å². The molecule has 2 amide bonds. The molecular weight excluding hydrogens is 360 g/mol. The Morgan fingerprint density at radius 2 is 2.00 bits per heavy atom. The number of carbonyl (C=O) groups is 3. The average Bonchev–Trinajstić information content (AvgIpc) is 2.82. The van der Waals surface area contributed by atoms with Gasteiger partial charge < -0.3 is 15.2 Å². The largest absolute Gasteiger partial charge is 0.548 e. The molecule has 0 spiro atoms. The van der Waals surface area contributed by atoms with Gasteiger partial charge >= 0.3 is 0 Å². The summed E-state index contributed by atoms with van der Waals surface area (Å²) in [6.07, 6.45) is 1.91. The van der Waals surface area contributed by atoms with Crippen LogP contribution in [0.25, 0.3) is 6.08 Å². The van der Waals surface area contributed by atoms with Crippen molar-refractivity contribution in [3.63, 3.8) is 0 Å². The number of hydrogen-bond acceptors (Lipinski definition) is 6. The van der Waals surface area contributed by atoms with Gasteiger partial charge in [0.05, 0.1) is 16.9 Å². The number of nitrogens with one attached hydrogen (secondary N) is 1. The summed E-state index contributed by atoms with van der Waals surface area (Å²) in [5.41, 5.74) is 1.97. The van der Waals surface area contributed by atoms with Gasteiger partial charge in [0, 0.05) is 0 Å². The van der Waals surface area contributed by atoms with Gasteiger partial charge in [-0.25, -0.2) is 0 Å². The minimum absolute atomic E-state index is 0.194. The van der Waals surface area contributed by atoms with E-state index >= 15 is 0 Å². The predicted octanol–water partition coefficient (Wildman–Crippen LogP) is 0.841. The van der Waals surface area contributed by atoms with Crippen molar-refractivity contribution in [1.82, 2.24) is 10.2 Å². The number of aliphatic carboxylic acids is 1. The molecule has 0 aliphatic carbocycles. The molecule has 1 fully saturated rings. The first-order chi connectivity index (χ1) is 11.8. The number of carboxylic acids is 1. The lowest BCUT2D eigenvalue weighted by molar-refractivity contribution is -0.308. The maximum Gasteiger partial charge on any atom is 0.266 e. The highest BCUT2D eigenvalue weighted by atomic mass is 32.2. The standard InChI is InChI=1S/C17H18N2O4S2/c1-3-12(16(22)23)18-14(20)9-19-15(21)13(25-17(19)24)8-11-6-4-10(2)5-7-11/h4-8,12H,3,9H2,1-2H3,(H,18,20)(H,22,23)/p-1/b13-8+/t12-/m0/s1. The first kappa shape index (κ1) is 19.1. The van der Waals surface area contributed by atoms with Crippen molar-refractivity contribution in [2.45, 2.75) is 26.3 Å². The summed E-state index contributed by atoms with van der Waals surface area (Å²) in [5, 5.41) is 13.2. The molecule has 0 bridgehead atoms. The van der Waals surface area contributed by atoms with Crippen LogP contribution in [0.1, 0.15) is 24.5 Å². The molecule has 1 N–H and O–H groups in total. The van der Waals surface area contributed by atoms with E-state index in [0.717, 1.165) is 27.8 Å². The second-order valence-corrected chi connectivity index (χ2v) is 7.20. The van der Waals surface area contributed by atoms with Gasteiger partial charge in [0.2, 0.25) is 5.91 Å². The fourth-order valence-electron chi connectivity index (χ4n) is 2.16. The minimum Gasteiger partial charge on any atom is -0.548 e. The molecular formula is C17H17N2O4S2-. The lowest BCUT2D eigenvalue weighted by atomic mass is 10.1. The molecule has 0 saturated carbocycles. The van der Waals surface area contributed by atoms with Crippen LogP contribution in [0.5, 0.6) is 0 Å². The molecule has 1 atom stereocenters. The highest BCUT2D eigenvalue weighted by Gasteiger charge is 2.33. The van der Waals surface area contributed by atoms with Crippen LogP contribution in [-0.2, 0) is 14.4 Å². The maximum atomic E-state index is 12.5. The monoisotopic (exact) mass is 377 g/mol. The first-order valence-corrected chi connectivity index (χ1v) is 8.86. The number of amides is 2. The molecule has 0 radical (unpaired) electrons. The molecule has 1 heterocycles. The third-order valence-corrected chi connectivity index (χ3v) is 4.96. The lowest BCUT2D eigenvalue weighted by Crippen LogP contribution is -2.50. The van der Waals surface area contributed by atoms with Gasteiger partial charge in [-0.1, -0.05) is 60.7 Å². The Labute approximate surface area is 155 Å². The summed E-state index contributed by atoms with van der Waals surface area (Å²) < 4.78 is 0.264. The van der Waals surface area contributed by atoms with Crippen molar-refractivity contribution in [2.24, 2.45) is 0 Å². The molecule has 25 heavy (non-hydrogen) atoms. The smallest absolute Gasteiger partial charge is 0.266 e. The zero-order valence-electron chi connectivity index (χ0n) is 13.8. The fraction of sp³-hybridized carbons (Fsp3) is 0.294. The van der Waals surface area contributed by atoms with E-state index in [1.54, 1.807) is 13.0 Å². The summed E-state index contributed by atoms with van der Waals surface area (Å²) >= 11 is 6.28. The van der Waals surface area contributed by atoms with Crippen LogP contribution in [0.2, 0.25) is 0 Å². The Morgan fingerprint density at radius 1 is 1.36 bits per heavy atom. The minimum atomic E-state index is -1.36. The van der Waals surface area contributed by atoms with Crippen LogP contribution >= 0.6 is 24.0 Å². The van der Waals surface area contributed by atoms with Crippen molar-refractivity contribution >= 4 is 52.2 Å². The van der Waals surface area contributed by atoms with Gasteiger partial charge in [0.1, 0.15) is 10.9 Å². The third kappa shape index (κ3) is 4.90. The number of aryl methyl sites for hydroxylation is 1. The van der Waals surface area contributed by atoms with Gasteiger partial charge in [-0.05, 0) is 25.0 Å². The van der Waals surface area contributed by atoms with Crippen LogP contribution in [0.4, 0.5) is 0 Å². The van der Waals surface area contributed by atoms with E-state index in [2.05, 4.69) is 5.32 Å². The molecule has 8 heteroatoms. The zero-order valence-corrected chi connectivity index (χ0v) is 15.4. The van der Waals surface area contributed by atoms with E-state index in [1.807, 2.05) is 31.2 Å². The Kier molecular flexibility index (Phi) is 6.33. The quantitative estimate of drug-likeness (QED) is 0.584. The van der Waals surface area contributed by atoms with Crippen molar-refractivity contribution in [1.29, 1.82) is 0 Å². The number of hydrogen-bond donors (Lipinski definition) is 1. The number of carbonyl (C=O) groups excluding carboxylic acids is 3. The number of thioether (sulfide) groups is 1. The highest BCUT2D eigenvalue weighted by Crippen LogP contribution is 2.32. The maximum absolute atomic E-state index is 12.5. The summed E-state index contributed by atoms with van der Waals surface area (Å²) in [7, 11) is 0. The number of thiocarbonyl (C=S) groups is 1. The van der Waals surface area contributed by atoms with Gasteiger partial charge in [0.25, 0.3) is 5.91 Å². The summed E-state index contributed by atoms with van der Waals surface area (Å²) in [6.45, 7) is 3.27. The lowest BCUT2D eigenvalue weighted by Gasteiger charge is -2.20. The highest BCUT2D eigenvalue weighted by molar-refractivity contribution is 8.26. The molecule has 6 nitrogen and oxygen atoms in total. The zero-order chi connectivity index (χ0) is 18.6. The molecule has 132 valence electrons. The summed E-state index contributed by atoms with van der Waals surface area (Å²) in [4.78, 5) is 36.9. The van der Waals surface area contributed by atoms with Gasteiger partial charge in [-0.2, -0.15) is 0 Å². The van der Waals surface area contributed by atoms with Crippen LogP contribution in [-0.4, -0.2) is 39.6 Å². The van der Waals surface area contributed by atoms with E-state index in [9.17, 15) is 19.5 Å². The topological polar surface area (TPSA) is 89.5 Å². The average molecular weight is 377 g/mol.